The first-order chi connectivity index (χ1) is 8.43. The number of rotatable bonds is 2. The molecule has 1 heterocycles. The third-order valence-electron chi connectivity index (χ3n) is 2.96. The van der Waals surface area contributed by atoms with E-state index in [1.54, 1.807) is 13.0 Å². The number of nitrogen functional groups attached to an aromatic ring is 1. The monoisotopic (exact) mass is 286 g/mol. The number of nitrogens with two attached hydrogens (primary N) is 1. The van der Waals surface area contributed by atoms with E-state index in [-0.39, 0.29) is 9.92 Å². The zero-order chi connectivity index (χ0) is 13.3. The Balaban J connectivity index is 2.47. The molecule has 6 heteroatoms. The van der Waals surface area contributed by atoms with Crippen LogP contribution in [-0.2, 0) is 10.0 Å². The van der Waals surface area contributed by atoms with Gasteiger partial charge in [-0.1, -0.05) is 23.8 Å². The maximum absolute atomic E-state index is 12.4. The van der Waals surface area contributed by atoms with Crippen molar-refractivity contribution in [3.63, 3.8) is 0 Å². The van der Waals surface area contributed by atoms with E-state index in [0.29, 0.717) is 18.8 Å². The van der Waals surface area contributed by atoms with Crippen LogP contribution in [0.5, 0.6) is 0 Å². The van der Waals surface area contributed by atoms with E-state index in [0.717, 1.165) is 12.0 Å². The van der Waals surface area contributed by atoms with Crippen molar-refractivity contribution in [2.45, 2.75) is 18.2 Å². The molecule has 0 aromatic heterocycles. The van der Waals surface area contributed by atoms with E-state index < -0.39 is 10.0 Å². The minimum Gasteiger partial charge on any atom is -0.398 e. The summed E-state index contributed by atoms with van der Waals surface area (Å²) in [7, 11) is -3.56. The van der Waals surface area contributed by atoms with Crippen molar-refractivity contribution in [3.8, 4) is 0 Å². The van der Waals surface area contributed by atoms with Gasteiger partial charge in [0.05, 0.1) is 5.02 Å². The molecule has 0 fully saturated rings. The molecule has 1 aromatic rings. The number of benzene rings is 1. The Morgan fingerprint density at radius 2 is 2.06 bits per heavy atom. The van der Waals surface area contributed by atoms with Crippen LogP contribution in [0.1, 0.15) is 12.0 Å². The number of aryl methyl sites for hydroxylation is 1. The molecule has 1 aliphatic heterocycles. The molecule has 1 aromatic carbocycles. The lowest BCUT2D eigenvalue weighted by Gasteiger charge is -2.23. The minimum absolute atomic E-state index is 0.0857. The number of sulfonamides is 1. The van der Waals surface area contributed by atoms with E-state index in [9.17, 15) is 8.42 Å². The van der Waals surface area contributed by atoms with Gasteiger partial charge in [-0.3, -0.25) is 0 Å². The maximum Gasteiger partial charge on any atom is 0.244 e. The summed E-state index contributed by atoms with van der Waals surface area (Å²) in [4.78, 5) is 0.0857. The highest BCUT2D eigenvalue weighted by molar-refractivity contribution is 7.89. The second kappa shape index (κ2) is 4.91. The molecule has 0 radical (unpaired) electrons. The van der Waals surface area contributed by atoms with Crippen LogP contribution >= 0.6 is 11.6 Å². The van der Waals surface area contributed by atoms with Crippen LogP contribution in [0.2, 0.25) is 5.02 Å². The Morgan fingerprint density at radius 1 is 1.33 bits per heavy atom. The minimum atomic E-state index is -3.56. The average molecular weight is 287 g/mol. The standard InChI is InChI=1S/C12H15ClN2O2S/c1-9-7-10(13)12(8-11(9)14)18(16,17)15-5-3-2-4-6-15/h2-3,7-8H,4-6,14H2,1H3. The molecule has 0 spiro atoms. The molecule has 4 nitrogen and oxygen atoms in total. The van der Waals surface area contributed by atoms with Gasteiger partial charge < -0.3 is 5.73 Å². The molecule has 0 saturated heterocycles. The molecule has 0 bridgehead atoms. The van der Waals surface area contributed by atoms with Crippen molar-refractivity contribution in [3.05, 3.63) is 34.9 Å². The van der Waals surface area contributed by atoms with Crippen molar-refractivity contribution in [1.82, 2.24) is 4.31 Å². The van der Waals surface area contributed by atoms with E-state index in [4.69, 9.17) is 17.3 Å². The average Bonchev–Trinajstić information content (AvgIpc) is 2.34. The lowest BCUT2D eigenvalue weighted by Crippen LogP contribution is -2.34. The van der Waals surface area contributed by atoms with Gasteiger partial charge in [-0.05, 0) is 31.0 Å². The van der Waals surface area contributed by atoms with E-state index in [1.165, 1.54) is 10.4 Å². The second-order valence-electron chi connectivity index (χ2n) is 4.26. The summed E-state index contributed by atoms with van der Waals surface area (Å²) >= 11 is 6.03. The molecule has 18 heavy (non-hydrogen) atoms. The van der Waals surface area contributed by atoms with Crippen LogP contribution in [-0.4, -0.2) is 25.8 Å². The number of anilines is 1. The van der Waals surface area contributed by atoms with Crippen molar-refractivity contribution in [2.24, 2.45) is 0 Å². The maximum atomic E-state index is 12.4. The highest BCUT2D eigenvalue weighted by Crippen LogP contribution is 2.29. The molecular weight excluding hydrogens is 272 g/mol. The number of hydrogen-bond donors (Lipinski definition) is 1. The SMILES string of the molecule is Cc1cc(Cl)c(S(=O)(=O)N2CC=CCC2)cc1N. The summed E-state index contributed by atoms with van der Waals surface area (Å²) in [5.74, 6) is 0. The van der Waals surface area contributed by atoms with Gasteiger partial charge >= 0.3 is 0 Å². The normalized spacial score (nSPS) is 17.0. The summed E-state index contributed by atoms with van der Waals surface area (Å²) in [6.07, 6.45) is 4.53. The summed E-state index contributed by atoms with van der Waals surface area (Å²) in [6.45, 7) is 2.65. The van der Waals surface area contributed by atoms with Gasteiger partial charge in [0, 0.05) is 18.8 Å². The highest BCUT2D eigenvalue weighted by atomic mass is 35.5. The fraction of sp³-hybridized carbons (Fsp3) is 0.333. The van der Waals surface area contributed by atoms with Gasteiger partial charge in [0.1, 0.15) is 4.90 Å². The number of halogens is 1. The number of nitrogens with zero attached hydrogens (tertiary/aromatic N) is 1. The van der Waals surface area contributed by atoms with E-state index in [1.807, 2.05) is 12.2 Å². The molecule has 2 N–H and O–H groups in total. The fourth-order valence-corrected chi connectivity index (χ4v) is 3.84. The molecule has 2 rings (SSSR count). The third kappa shape index (κ3) is 2.39. The lowest BCUT2D eigenvalue weighted by atomic mass is 10.2. The molecule has 0 saturated carbocycles. The lowest BCUT2D eigenvalue weighted by molar-refractivity contribution is 0.437. The third-order valence-corrected chi connectivity index (χ3v) is 5.29. The van der Waals surface area contributed by atoms with Gasteiger partial charge in [0.25, 0.3) is 0 Å². The predicted octanol–water partition coefficient (Wildman–Crippen LogP) is 2.18. The zero-order valence-corrected chi connectivity index (χ0v) is 11.6. The summed E-state index contributed by atoms with van der Waals surface area (Å²) in [5.41, 5.74) is 6.97. The molecular formula is C12H15ClN2O2S. The molecule has 0 atom stereocenters. The Hall–Kier alpha value is -1.04. The first-order valence-electron chi connectivity index (χ1n) is 5.63. The van der Waals surface area contributed by atoms with Gasteiger partial charge in [-0.2, -0.15) is 4.31 Å². The van der Waals surface area contributed by atoms with Crippen LogP contribution in [0, 0.1) is 6.92 Å². The van der Waals surface area contributed by atoms with Gasteiger partial charge in [0.2, 0.25) is 10.0 Å². The van der Waals surface area contributed by atoms with Crippen LogP contribution in [0.4, 0.5) is 5.69 Å². The van der Waals surface area contributed by atoms with Crippen molar-refractivity contribution in [1.29, 1.82) is 0 Å². The first-order valence-corrected chi connectivity index (χ1v) is 7.45. The summed E-state index contributed by atoms with van der Waals surface area (Å²) in [5, 5.41) is 0.219. The molecule has 0 amide bonds. The van der Waals surface area contributed by atoms with Crippen LogP contribution < -0.4 is 5.73 Å². The highest BCUT2D eigenvalue weighted by Gasteiger charge is 2.27. The molecule has 1 aliphatic rings. The van der Waals surface area contributed by atoms with Gasteiger partial charge in [-0.15, -0.1) is 0 Å². The fourth-order valence-electron chi connectivity index (χ4n) is 1.84. The van der Waals surface area contributed by atoms with Crippen LogP contribution in [0.3, 0.4) is 0 Å². The zero-order valence-electron chi connectivity index (χ0n) is 10.1. The first kappa shape index (κ1) is 13.4. The quantitative estimate of drug-likeness (QED) is 0.669. The van der Waals surface area contributed by atoms with E-state index >= 15 is 0 Å². The Bertz CT molecular complexity index is 596. The van der Waals surface area contributed by atoms with Crippen molar-refractivity contribution >= 4 is 27.3 Å². The predicted molar refractivity (Wildman–Crippen MR) is 73.1 cm³/mol. The van der Waals surface area contributed by atoms with Crippen molar-refractivity contribution < 1.29 is 8.42 Å². The Kier molecular flexibility index (Phi) is 3.66. The summed E-state index contributed by atoms with van der Waals surface area (Å²) in [6, 6.07) is 3.02. The van der Waals surface area contributed by atoms with E-state index in [2.05, 4.69) is 0 Å². The molecule has 0 unspecified atom stereocenters. The number of hydrogen-bond acceptors (Lipinski definition) is 3. The van der Waals surface area contributed by atoms with Crippen LogP contribution in [0.25, 0.3) is 0 Å². The molecule has 98 valence electrons. The Morgan fingerprint density at radius 3 is 2.67 bits per heavy atom. The Labute approximate surface area is 112 Å². The largest absolute Gasteiger partial charge is 0.398 e. The second-order valence-corrected chi connectivity index (χ2v) is 6.58. The van der Waals surface area contributed by atoms with Crippen molar-refractivity contribution in [2.75, 3.05) is 18.8 Å². The smallest absolute Gasteiger partial charge is 0.244 e. The molecule has 0 aliphatic carbocycles. The van der Waals surface area contributed by atoms with Gasteiger partial charge in [-0.25, -0.2) is 8.42 Å². The van der Waals surface area contributed by atoms with Crippen LogP contribution in [0.15, 0.2) is 29.2 Å². The van der Waals surface area contributed by atoms with Gasteiger partial charge in [0.15, 0.2) is 0 Å². The topological polar surface area (TPSA) is 63.4 Å². The summed E-state index contributed by atoms with van der Waals surface area (Å²) < 4.78 is 26.3.